The molecule has 80 valence electrons. The van der Waals surface area contributed by atoms with Gasteiger partial charge in [0, 0.05) is 12.8 Å². The summed E-state index contributed by atoms with van der Waals surface area (Å²) in [6.07, 6.45) is 2.06. The van der Waals surface area contributed by atoms with Gasteiger partial charge in [-0.2, -0.15) is 0 Å². The van der Waals surface area contributed by atoms with Crippen molar-refractivity contribution in [1.82, 2.24) is 4.90 Å². The number of rotatable bonds is 3. The maximum absolute atomic E-state index is 11.6. The average molecular weight is 199 g/mol. The minimum Gasteiger partial charge on any atom is -0.394 e. The fourth-order valence-corrected chi connectivity index (χ4v) is 1.70. The zero-order chi connectivity index (χ0) is 10.8. The van der Waals surface area contributed by atoms with Gasteiger partial charge in [-0.25, -0.2) is 0 Å². The molecule has 0 bridgehead atoms. The number of imide groups is 1. The van der Waals surface area contributed by atoms with Crippen molar-refractivity contribution in [2.24, 2.45) is 0 Å². The van der Waals surface area contributed by atoms with Crippen LogP contribution in [0.4, 0.5) is 0 Å². The van der Waals surface area contributed by atoms with Gasteiger partial charge in [-0.1, -0.05) is 6.92 Å². The summed E-state index contributed by atoms with van der Waals surface area (Å²) < 4.78 is 0. The second-order valence-electron chi connectivity index (χ2n) is 3.99. The van der Waals surface area contributed by atoms with Gasteiger partial charge in [-0.15, -0.1) is 0 Å². The van der Waals surface area contributed by atoms with E-state index in [2.05, 4.69) is 0 Å². The molecule has 1 unspecified atom stereocenters. The van der Waals surface area contributed by atoms with Crippen molar-refractivity contribution in [2.75, 3.05) is 6.61 Å². The van der Waals surface area contributed by atoms with Crippen molar-refractivity contribution in [3.8, 4) is 0 Å². The van der Waals surface area contributed by atoms with Gasteiger partial charge in [0.2, 0.25) is 11.8 Å². The molecule has 1 heterocycles. The molecule has 1 aliphatic rings. The van der Waals surface area contributed by atoms with Gasteiger partial charge in [0.1, 0.15) is 0 Å². The van der Waals surface area contributed by atoms with Gasteiger partial charge < -0.3 is 5.11 Å². The monoisotopic (exact) mass is 199 g/mol. The van der Waals surface area contributed by atoms with Gasteiger partial charge in [0.15, 0.2) is 0 Å². The fourth-order valence-electron chi connectivity index (χ4n) is 1.70. The van der Waals surface area contributed by atoms with E-state index in [1.807, 2.05) is 6.92 Å². The molecule has 0 aromatic rings. The van der Waals surface area contributed by atoms with Crippen molar-refractivity contribution < 1.29 is 14.7 Å². The van der Waals surface area contributed by atoms with Crippen molar-refractivity contribution in [2.45, 2.75) is 45.1 Å². The summed E-state index contributed by atoms with van der Waals surface area (Å²) in [5.41, 5.74) is -0.714. The van der Waals surface area contributed by atoms with E-state index in [1.54, 1.807) is 6.92 Å². The van der Waals surface area contributed by atoms with Gasteiger partial charge in [0.05, 0.1) is 12.1 Å². The molecule has 4 heteroatoms. The number of carbonyl (C=O) groups is 2. The standard InChI is InChI=1S/C10H17NO3/c1-3-10(2,7-12)11-8(13)5-4-6-9(11)14/h12H,3-7H2,1-2H3. The van der Waals surface area contributed by atoms with Gasteiger partial charge in [0.25, 0.3) is 0 Å². The second kappa shape index (κ2) is 4.09. The highest BCUT2D eigenvalue weighted by Crippen LogP contribution is 2.25. The number of nitrogens with zero attached hydrogens (tertiary/aromatic N) is 1. The fraction of sp³-hybridized carbons (Fsp3) is 0.800. The molecule has 1 saturated heterocycles. The lowest BCUT2D eigenvalue weighted by atomic mass is 9.94. The maximum Gasteiger partial charge on any atom is 0.229 e. The largest absolute Gasteiger partial charge is 0.394 e. The second-order valence-corrected chi connectivity index (χ2v) is 3.99. The van der Waals surface area contributed by atoms with E-state index in [9.17, 15) is 14.7 Å². The SMILES string of the molecule is CCC(C)(CO)N1C(=O)CCCC1=O. The van der Waals surface area contributed by atoms with E-state index in [1.165, 1.54) is 4.90 Å². The summed E-state index contributed by atoms with van der Waals surface area (Å²) in [6.45, 7) is 3.44. The lowest BCUT2D eigenvalue weighted by Crippen LogP contribution is -2.56. The summed E-state index contributed by atoms with van der Waals surface area (Å²) in [7, 11) is 0. The van der Waals surface area contributed by atoms with Crippen LogP contribution in [0.2, 0.25) is 0 Å². The summed E-state index contributed by atoms with van der Waals surface area (Å²) in [5, 5.41) is 9.23. The molecule has 14 heavy (non-hydrogen) atoms. The van der Waals surface area contributed by atoms with Crippen molar-refractivity contribution in [1.29, 1.82) is 0 Å². The molecule has 0 radical (unpaired) electrons. The lowest BCUT2D eigenvalue weighted by Gasteiger charge is -2.39. The van der Waals surface area contributed by atoms with E-state index in [4.69, 9.17) is 0 Å². The van der Waals surface area contributed by atoms with Crippen LogP contribution in [-0.2, 0) is 9.59 Å². The molecule has 4 nitrogen and oxygen atoms in total. The maximum atomic E-state index is 11.6. The Labute approximate surface area is 83.9 Å². The Bertz CT molecular complexity index is 230. The predicted octanol–water partition coefficient (Wildman–Crippen LogP) is 0.687. The smallest absolute Gasteiger partial charge is 0.229 e. The number of aliphatic hydroxyl groups is 1. The molecule has 1 fully saturated rings. The molecule has 1 atom stereocenters. The third kappa shape index (κ3) is 1.80. The van der Waals surface area contributed by atoms with Crippen LogP contribution in [-0.4, -0.2) is 34.0 Å². The highest BCUT2D eigenvalue weighted by Gasteiger charge is 2.39. The van der Waals surface area contributed by atoms with Crippen LogP contribution in [0.25, 0.3) is 0 Å². The summed E-state index contributed by atoms with van der Waals surface area (Å²) in [6, 6.07) is 0. The molecule has 1 rings (SSSR count). The first-order valence-electron chi connectivity index (χ1n) is 5.02. The highest BCUT2D eigenvalue weighted by atomic mass is 16.3. The van der Waals surface area contributed by atoms with E-state index in [0.29, 0.717) is 25.7 Å². The minimum absolute atomic E-state index is 0.153. The van der Waals surface area contributed by atoms with Crippen LogP contribution in [0.3, 0.4) is 0 Å². The normalized spacial score (nSPS) is 22.4. The lowest BCUT2D eigenvalue weighted by molar-refractivity contribution is -0.157. The van der Waals surface area contributed by atoms with Crippen LogP contribution in [0.5, 0.6) is 0 Å². The molecule has 0 spiro atoms. The summed E-state index contributed by atoms with van der Waals surface area (Å²) in [5.74, 6) is -0.306. The number of hydrogen-bond acceptors (Lipinski definition) is 3. The number of piperidine rings is 1. The van der Waals surface area contributed by atoms with Gasteiger partial charge in [-0.05, 0) is 19.8 Å². The third-order valence-electron chi connectivity index (χ3n) is 2.92. The Kier molecular flexibility index (Phi) is 3.26. The molecule has 1 N–H and O–H groups in total. The topological polar surface area (TPSA) is 57.6 Å². The number of likely N-dealkylation sites (tertiary alicyclic amines) is 1. The summed E-state index contributed by atoms with van der Waals surface area (Å²) >= 11 is 0. The molecule has 0 saturated carbocycles. The van der Waals surface area contributed by atoms with E-state index in [-0.39, 0.29) is 18.4 Å². The van der Waals surface area contributed by atoms with Crippen molar-refractivity contribution >= 4 is 11.8 Å². The molecule has 0 aromatic heterocycles. The van der Waals surface area contributed by atoms with Crippen LogP contribution in [0.1, 0.15) is 39.5 Å². The predicted molar refractivity (Wildman–Crippen MR) is 51.5 cm³/mol. The number of hydrogen-bond donors (Lipinski definition) is 1. The van der Waals surface area contributed by atoms with E-state index >= 15 is 0 Å². The van der Waals surface area contributed by atoms with E-state index in [0.717, 1.165) is 0 Å². The zero-order valence-corrected chi connectivity index (χ0v) is 8.75. The molecular formula is C10H17NO3. The van der Waals surface area contributed by atoms with Crippen molar-refractivity contribution in [3.05, 3.63) is 0 Å². The van der Waals surface area contributed by atoms with Crippen LogP contribution in [0, 0.1) is 0 Å². The Balaban J connectivity index is 2.91. The average Bonchev–Trinajstić information content (AvgIpc) is 2.17. The Morgan fingerprint density at radius 2 is 1.86 bits per heavy atom. The number of amides is 2. The van der Waals surface area contributed by atoms with Crippen molar-refractivity contribution in [3.63, 3.8) is 0 Å². The van der Waals surface area contributed by atoms with Crippen LogP contribution >= 0.6 is 0 Å². The quantitative estimate of drug-likeness (QED) is 0.680. The Hall–Kier alpha value is -0.900. The third-order valence-corrected chi connectivity index (χ3v) is 2.92. The van der Waals surface area contributed by atoms with Gasteiger partial charge in [-0.3, -0.25) is 14.5 Å². The van der Waals surface area contributed by atoms with E-state index < -0.39 is 5.54 Å². The minimum atomic E-state index is -0.714. The number of carbonyl (C=O) groups excluding carboxylic acids is 2. The molecule has 0 aromatic carbocycles. The molecule has 1 aliphatic heterocycles. The first-order chi connectivity index (χ1) is 6.55. The summed E-state index contributed by atoms with van der Waals surface area (Å²) in [4.78, 5) is 24.4. The molecule has 0 aliphatic carbocycles. The highest BCUT2D eigenvalue weighted by molar-refractivity contribution is 5.98. The Morgan fingerprint density at radius 1 is 1.36 bits per heavy atom. The van der Waals surface area contributed by atoms with Gasteiger partial charge >= 0.3 is 0 Å². The Morgan fingerprint density at radius 3 is 2.21 bits per heavy atom. The molecular weight excluding hydrogens is 182 g/mol. The zero-order valence-electron chi connectivity index (χ0n) is 8.75. The first kappa shape index (κ1) is 11.2. The van der Waals surface area contributed by atoms with Crippen LogP contribution < -0.4 is 0 Å². The first-order valence-corrected chi connectivity index (χ1v) is 5.02. The van der Waals surface area contributed by atoms with Crippen LogP contribution in [0.15, 0.2) is 0 Å². The molecule has 2 amide bonds. The number of aliphatic hydroxyl groups excluding tert-OH is 1.